The van der Waals surface area contributed by atoms with Crippen molar-refractivity contribution in [1.82, 2.24) is 0 Å². The summed E-state index contributed by atoms with van der Waals surface area (Å²) in [5, 5.41) is 3.36. The molecule has 1 aromatic heterocycles. The summed E-state index contributed by atoms with van der Waals surface area (Å²) in [5.74, 6) is 0. The SMILES string of the molecule is NC(c1cc(Br)cc(Br)c1)c1csc2c(Br)cccc12. The average molecular weight is 476 g/mol. The Morgan fingerprint density at radius 3 is 2.40 bits per heavy atom. The molecular weight excluding hydrogens is 466 g/mol. The fraction of sp³-hybridized carbons (Fsp3) is 0.0667. The predicted octanol–water partition coefficient (Wildman–Crippen LogP) is 6.24. The largest absolute Gasteiger partial charge is 0.320 e. The molecule has 102 valence electrons. The summed E-state index contributed by atoms with van der Waals surface area (Å²) in [6.45, 7) is 0. The zero-order chi connectivity index (χ0) is 14.3. The Hall–Kier alpha value is -0.200. The summed E-state index contributed by atoms with van der Waals surface area (Å²) >= 11 is 12.3. The van der Waals surface area contributed by atoms with Crippen LogP contribution < -0.4 is 5.73 Å². The van der Waals surface area contributed by atoms with Crippen molar-refractivity contribution >= 4 is 69.2 Å². The van der Waals surface area contributed by atoms with Gasteiger partial charge in [0.2, 0.25) is 0 Å². The van der Waals surface area contributed by atoms with Crippen molar-refractivity contribution in [3.05, 3.63) is 66.3 Å². The van der Waals surface area contributed by atoms with Crippen molar-refractivity contribution in [1.29, 1.82) is 0 Å². The van der Waals surface area contributed by atoms with Crippen LogP contribution in [-0.2, 0) is 0 Å². The highest BCUT2D eigenvalue weighted by atomic mass is 79.9. The molecule has 2 aromatic carbocycles. The van der Waals surface area contributed by atoms with E-state index in [4.69, 9.17) is 5.73 Å². The van der Waals surface area contributed by atoms with E-state index in [2.05, 4.69) is 77.4 Å². The van der Waals surface area contributed by atoms with Crippen LogP contribution in [0.25, 0.3) is 10.1 Å². The smallest absolute Gasteiger partial charge is 0.0566 e. The summed E-state index contributed by atoms with van der Waals surface area (Å²) in [6, 6.07) is 12.2. The summed E-state index contributed by atoms with van der Waals surface area (Å²) in [7, 11) is 0. The van der Waals surface area contributed by atoms with E-state index >= 15 is 0 Å². The van der Waals surface area contributed by atoms with E-state index in [0.29, 0.717) is 0 Å². The van der Waals surface area contributed by atoms with Crippen LogP contribution in [0.3, 0.4) is 0 Å². The van der Waals surface area contributed by atoms with Crippen molar-refractivity contribution in [2.45, 2.75) is 6.04 Å². The van der Waals surface area contributed by atoms with Gasteiger partial charge in [-0.2, -0.15) is 0 Å². The summed E-state index contributed by atoms with van der Waals surface area (Å²) in [4.78, 5) is 0. The van der Waals surface area contributed by atoms with Gasteiger partial charge in [-0.15, -0.1) is 11.3 Å². The van der Waals surface area contributed by atoms with Gasteiger partial charge < -0.3 is 5.73 Å². The molecule has 0 fully saturated rings. The van der Waals surface area contributed by atoms with Crippen molar-refractivity contribution in [2.75, 3.05) is 0 Å². The first-order chi connectivity index (χ1) is 9.56. The Morgan fingerprint density at radius 1 is 1.00 bits per heavy atom. The maximum atomic E-state index is 6.46. The van der Waals surface area contributed by atoms with Crippen LogP contribution in [0.4, 0.5) is 0 Å². The molecule has 3 aromatic rings. The van der Waals surface area contributed by atoms with E-state index in [1.807, 2.05) is 12.1 Å². The minimum atomic E-state index is -0.133. The van der Waals surface area contributed by atoms with Gasteiger partial charge in [0.05, 0.1) is 6.04 Å². The maximum absolute atomic E-state index is 6.46. The molecule has 3 rings (SSSR count). The third-order valence-corrected chi connectivity index (χ3v) is 6.05. The van der Waals surface area contributed by atoms with E-state index in [0.717, 1.165) is 24.5 Å². The molecule has 0 saturated heterocycles. The minimum Gasteiger partial charge on any atom is -0.320 e. The number of nitrogens with two attached hydrogens (primary N) is 1. The van der Waals surface area contributed by atoms with E-state index in [-0.39, 0.29) is 6.04 Å². The lowest BCUT2D eigenvalue weighted by Gasteiger charge is -2.13. The van der Waals surface area contributed by atoms with Crippen LogP contribution in [0, 0.1) is 0 Å². The van der Waals surface area contributed by atoms with Gasteiger partial charge >= 0.3 is 0 Å². The Kier molecular flexibility index (Phi) is 4.34. The second kappa shape index (κ2) is 5.89. The third kappa shape index (κ3) is 2.74. The standard InChI is InChI=1S/C15H10Br3NS/c16-9-4-8(5-10(17)6-9)14(19)12-7-20-15-11(12)2-1-3-13(15)18/h1-7,14H,19H2. The molecule has 1 heterocycles. The van der Waals surface area contributed by atoms with Gasteiger partial charge in [0.15, 0.2) is 0 Å². The number of hydrogen-bond acceptors (Lipinski definition) is 2. The third-order valence-electron chi connectivity index (χ3n) is 3.16. The topological polar surface area (TPSA) is 26.0 Å². The second-order valence-electron chi connectivity index (χ2n) is 4.49. The lowest BCUT2D eigenvalue weighted by atomic mass is 9.99. The monoisotopic (exact) mass is 473 g/mol. The van der Waals surface area contributed by atoms with Gasteiger partial charge in [0.25, 0.3) is 0 Å². The molecule has 5 heteroatoms. The zero-order valence-corrected chi connectivity index (χ0v) is 15.8. The highest BCUT2D eigenvalue weighted by molar-refractivity contribution is 9.11. The van der Waals surface area contributed by atoms with Gasteiger partial charge in [-0.3, -0.25) is 0 Å². The Balaban J connectivity index is 2.13. The fourth-order valence-electron chi connectivity index (χ4n) is 2.22. The number of benzene rings is 2. The molecule has 0 aliphatic rings. The van der Waals surface area contributed by atoms with Crippen molar-refractivity contribution in [2.24, 2.45) is 5.73 Å². The number of fused-ring (bicyclic) bond motifs is 1. The summed E-state index contributed by atoms with van der Waals surface area (Å²) in [5.41, 5.74) is 8.72. The van der Waals surface area contributed by atoms with Gasteiger partial charge in [0, 0.05) is 18.1 Å². The highest BCUT2D eigenvalue weighted by Gasteiger charge is 2.15. The van der Waals surface area contributed by atoms with Gasteiger partial charge in [-0.25, -0.2) is 0 Å². The minimum absolute atomic E-state index is 0.133. The van der Waals surface area contributed by atoms with Crippen molar-refractivity contribution in [3.63, 3.8) is 0 Å². The molecule has 0 saturated carbocycles. The lowest BCUT2D eigenvalue weighted by Crippen LogP contribution is -2.11. The van der Waals surface area contributed by atoms with Gasteiger partial charge in [-0.1, -0.05) is 44.0 Å². The number of hydrogen-bond donors (Lipinski definition) is 1. The maximum Gasteiger partial charge on any atom is 0.0566 e. The molecular formula is C15H10Br3NS. The van der Waals surface area contributed by atoms with E-state index < -0.39 is 0 Å². The van der Waals surface area contributed by atoms with E-state index in [1.165, 1.54) is 10.1 Å². The lowest BCUT2D eigenvalue weighted by molar-refractivity contribution is 0.882. The molecule has 0 aliphatic heterocycles. The molecule has 2 N–H and O–H groups in total. The first-order valence-corrected chi connectivity index (χ1v) is 9.19. The second-order valence-corrected chi connectivity index (χ2v) is 8.05. The molecule has 0 bridgehead atoms. The van der Waals surface area contributed by atoms with Crippen LogP contribution in [0.1, 0.15) is 17.2 Å². The molecule has 0 spiro atoms. The molecule has 1 nitrogen and oxygen atoms in total. The normalized spacial score (nSPS) is 12.8. The fourth-order valence-corrected chi connectivity index (χ4v) is 5.20. The van der Waals surface area contributed by atoms with Crippen LogP contribution in [0.15, 0.2) is 55.2 Å². The van der Waals surface area contributed by atoms with Crippen molar-refractivity contribution in [3.8, 4) is 0 Å². The first-order valence-electron chi connectivity index (χ1n) is 5.93. The van der Waals surface area contributed by atoms with Crippen molar-refractivity contribution < 1.29 is 0 Å². The number of rotatable bonds is 2. The Labute approximate surface area is 146 Å². The molecule has 1 atom stereocenters. The molecule has 20 heavy (non-hydrogen) atoms. The Bertz CT molecular complexity index is 762. The quantitative estimate of drug-likeness (QED) is 0.466. The number of thiophene rings is 1. The number of halogens is 3. The van der Waals surface area contributed by atoms with E-state index in [1.54, 1.807) is 11.3 Å². The van der Waals surface area contributed by atoms with Gasteiger partial charge in [0.1, 0.15) is 0 Å². The predicted molar refractivity (Wildman–Crippen MR) is 97.4 cm³/mol. The van der Waals surface area contributed by atoms with Crippen LogP contribution >= 0.6 is 59.1 Å². The van der Waals surface area contributed by atoms with Crippen LogP contribution in [0.2, 0.25) is 0 Å². The first kappa shape index (κ1) is 14.7. The molecule has 0 amide bonds. The Morgan fingerprint density at radius 2 is 1.70 bits per heavy atom. The summed E-state index contributed by atoms with van der Waals surface area (Å²) < 4.78 is 4.41. The molecule has 0 radical (unpaired) electrons. The van der Waals surface area contributed by atoms with E-state index in [9.17, 15) is 0 Å². The summed E-state index contributed by atoms with van der Waals surface area (Å²) in [6.07, 6.45) is 0. The highest BCUT2D eigenvalue weighted by Crippen LogP contribution is 2.37. The average Bonchev–Trinajstić information content (AvgIpc) is 2.82. The zero-order valence-electron chi connectivity index (χ0n) is 10.2. The van der Waals surface area contributed by atoms with Crippen LogP contribution in [-0.4, -0.2) is 0 Å². The molecule has 0 aliphatic carbocycles. The van der Waals surface area contributed by atoms with Gasteiger partial charge in [-0.05, 0) is 62.1 Å². The molecule has 1 unspecified atom stereocenters. The van der Waals surface area contributed by atoms with Crippen LogP contribution in [0.5, 0.6) is 0 Å².